The summed E-state index contributed by atoms with van der Waals surface area (Å²) in [6, 6.07) is 10.9. The van der Waals surface area contributed by atoms with Crippen molar-refractivity contribution in [2.24, 2.45) is 0 Å². The van der Waals surface area contributed by atoms with E-state index < -0.39 is 0 Å². The Bertz CT molecular complexity index is 969. The van der Waals surface area contributed by atoms with Gasteiger partial charge in [0.1, 0.15) is 5.82 Å². The number of rotatable bonds is 2. The van der Waals surface area contributed by atoms with Crippen LogP contribution in [0.25, 0.3) is 0 Å². The molecule has 1 amide bonds. The molecule has 2 aromatic carbocycles. The van der Waals surface area contributed by atoms with E-state index in [-0.39, 0.29) is 29.8 Å². The van der Waals surface area contributed by atoms with Crippen molar-refractivity contribution >= 4 is 40.6 Å². The second-order valence-electron chi connectivity index (χ2n) is 6.77. The van der Waals surface area contributed by atoms with Gasteiger partial charge in [-0.25, -0.2) is 4.39 Å². The smallest absolute Gasteiger partial charge is 0.232 e. The van der Waals surface area contributed by atoms with Crippen molar-refractivity contribution < 1.29 is 14.0 Å². The molecule has 4 rings (SSSR count). The van der Waals surface area contributed by atoms with Crippen molar-refractivity contribution in [2.45, 2.75) is 31.6 Å². The summed E-state index contributed by atoms with van der Waals surface area (Å²) in [6.45, 7) is 0. The van der Waals surface area contributed by atoms with Gasteiger partial charge < -0.3 is 0 Å². The number of anilines is 1. The predicted octanol–water partition coefficient (Wildman–Crippen LogP) is 5.66. The fraction of sp³-hybridized carbons (Fsp3) is 0.238. The molecule has 1 aliphatic carbocycles. The van der Waals surface area contributed by atoms with Gasteiger partial charge in [-0.15, -0.1) is 0 Å². The number of carbonyl (C=O) groups is 2. The van der Waals surface area contributed by atoms with E-state index in [1.54, 1.807) is 35.2 Å². The molecule has 0 N–H and O–H groups in total. The average molecular weight is 404 g/mol. The van der Waals surface area contributed by atoms with Crippen LogP contribution in [0.15, 0.2) is 53.7 Å². The van der Waals surface area contributed by atoms with Crippen molar-refractivity contribution in [3.8, 4) is 0 Å². The van der Waals surface area contributed by atoms with Crippen LogP contribution in [0.2, 0.25) is 10.0 Å². The number of Topliss-reactive ketones (excluding diaryl/α,β-unsaturated/α-hetero) is 1. The van der Waals surface area contributed by atoms with Gasteiger partial charge in [0.05, 0.1) is 0 Å². The second kappa shape index (κ2) is 7.10. The van der Waals surface area contributed by atoms with Crippen LogP contribution in [0, 0.1) is 5.82 Å². The predicted molar refractivity (Wildman–Crippen MR) is 104 cm³/mol. The number of halogens is 3. The van der Waals surface area contributed by atoms with Crippen LogP contribution in [0.4, 0.5) is 10.1 Å². The van der Waals surface area contributed by atoms with Crippen LogP contribution in [0.1, 0.15) is 37.2 Å². The normalized spacial score (nSPS) is 20.1. The van der Waals surface area contributed by atoms with Crippen molar-refractivity contribution in [2.75, 3.05) is 4.90 Å². The Hall–Kier alpha value is -2.17. The molecular weight excluding hydrogens is 388 g/mol. The van der Waals surface area contributed by atoms with Crippen LogP contribution in [-0.4, -0.2) is 11.7 Å². The molecular formula is C21H16Cl2FNO2. The minimum atomic E-state index is -0.387. The van der Waals surface area contributed by atoms with E-state index in [1.165, 1.54) is 12.1 Å². The highest BCUT2D eigenvalue weighted by Gasteiger charge is 2.40. The Morgan fingerprint density at radius 2 is 1.74 bits per heavy atom. The summed E-state index contributed by atoms with van der Waals surface area (Å²) in [5.41, 5.74) is 2.64. The third-order valence-corrected chi connectivity index (χ3v) is 5.66. The van der Waals surface area contributed by atoms with Crippen molar-refractivity contribution in [3.05, 3.63) is 75.2 Å². The van der Waals surface area contributed by atoms with Gasteiger partial charge >= 0.3 is 0 Å². The summed E-state index contributed by atoms with van der Waals surface area (Å²) < 4.78 is 13.3. The molecule has 1 heterocycles. The third-order valence-electron chi connectivity index (χ3n) is 5.10. The molecule has 0 saturated carbocycles. The van der Waals surface area contributed by atoms with Gasteiger partial charge in [0.15, 0.2) is 5.78 Å². The SMILES string of the molecule is O=C1CCCC2=C1[C@@H](c1ccc(Cl)cc1Cl)CC(=O)N2c1ccc(F)cc1. The van der Waals surface area contributed by atoms with Gasteiger partial charge in [0.2, 0.25) is 5.91 Å². The summed E-state index contributed by atoms with van der Waals surface area (Å²) in [7, 11) is 0. The molecule has 0 saturated heterocycles. The zero-order valence-electron chi connectivity index (χ0n) is 14.3. The van der Waals surface area contributed by atoms with Crippen molar-refractivity contribution in [1.82, 2.24) is 0 Å². The standard InChI is InChI=1S/C21H16Cl2FNO2/c22-12-4-9-15(17(23)10-12)16-11-20(27)25(14-7-5-13(24)6-8-14)18-2-1-3-19(26)21(16)18/h4-10,16H,1-3,11H2/t16-/m1/s1. The Morgan fingerprint density at radius 3 is 2.44 bits per heavy atom. The number of allylic oxidation sites excluding steroid dienone is 2. The minimum Gasteiger partial charge on any atom is -0.294 e. The third kappa shape index (κ3) is 3.28. The van der Waals surface area contributed by atoms with Gasteiger partial charge in [0.25, 0.3) is 0 Å². The first-order valence-corrected chi connectivity index (χ1v) is 9.51. The van der Waals surface area contributed by atoms with Gasteiger partial charge in [-0.05, 0) is 54.8 Å². The molecule has 2 aromatic rings. The molecule has 0 fully saturated rings. The topological polar surface area (TPSA) is 37.4 Å². The van der Waals surface area contributed by atoms with Crippen LogP contribution in [0.3, 0.4) is 0 Å². The van der Waals surface area contributed by atoms with E-state index in [9.17, 15) is 14.0 Å². The Kier molecular flexibility index (Phi) is 4.79. The van der Waals surface area contributed by atoms with Crippen LogP contribution in [-0.2, 0) is 9.59 Å². The molecule has 0 bridgehead atoms. The van der Waals surface area contributed by atoms with Gasteiger partial charge in [-0.1, -0.05) is 29.3 Å². The highest BCUT2D eigenvalue weighted by Crippen LogP contribution is 2.45. The lowest BCUT2D eigenvalue weighted by Crippen LogP contribution is -2.40. The van der Waals surface area contributed by atoms with Crippen LogP contribution >= 0.6 is 23.2 Å². The lowest BCUT2D eigenvalue weighted by atomic mass is 9.77. The van der Waals surface area contributed by atoms with E-state index in [1.807, 2.05) is 0 Å². The first kappa shape index (κ1) is 18.2. The molecule has 1 atom stereocenters. The zero-order chi connectivity index (χ0) is 19.1. The Morgan fingerprint density at radius 1 is 1.00 bits per heavy atom. The van der Waals surface area contributed by atoms with E-state index in [0.717, 1.165) is 5.56 Å². The zero-order valence-corrected chi connectivity index (χ0v) is 15.9. The Balaban J connectivity index is 1.87. The van der Waals surface area contributed by atoms with E-state index in [2.05, 4.69) is 0 Å². The molecule has 0 radical (unpaired) electrons. The van der Waals surface area contributed by atoms with E-state index in [4.69, 9.17) is 23.2 Å². The average Bonchev–Trinajstić information content (AvgIpc) is 2.62. The number of amides is 1. The highest BCUT2D eigenvalue weighted by molar-refractivity contribution is 6.35. The van der Waals surface area contributed by atoms with Gasteiger partial charge in [0, 0.05) is 45.8 Å². The number of ketones is 1. The molecule has 1 aliphatic heterocycles. The molecule has 0 spiro atoms. The maximum absolute atomic E-state index is 13.3. The first-order chi connectivity index (χ1) is 13.0. The van der Waals surface area contributed by atoms with Crippen LogP contribution < -0.4 is 4.90 Å². The maximum atomic E-state index is 13.3. The summed E-state index contributed by atoms with van der Waals surface area (Å²) >= 11 is 12.4. The molecule has 6 heteroatoms. The fourth-order valence-corrected chi connectivity index (χ4v) is 4.47. The lowest BCUT2D eigenvalue weighted by molar-refractivity contribution is -0.119. The van der Waals surface area contributed by atoms with E-state index in [0.29, 0.717) is 46.3 Å². The molecule has 138 valence electrons. The monoisotopic (exact) mass is 403 g/mol. The summed E-state index contributed by atoms with van der Waals surface area (Å²) in [6.07, 6.45) is 1.88. The number of nitrogens with zero attached hydrogens (tertiary/aromatic N) is 1. The molecule has 2 aliphatic rings. The number of carbonyl (C=O) groups excluding carboxylic acids is 2. The highest BCUT2D eigenvalue weighted by atomic mass is 35.5. The number of benzene rings is 2. The second-order valence-corrected chi connectivity index (χ2v) is 7.61. The number of hydrogen-bond donors (Lipinski definition) is 0. The minimum absolute atomic E-state index is 0.0341. The molecule has 0 aromatic heterocycles. The molecule has 0 unspecified atom stereocenters. The quantitative estimate of drug-likeness (QED) is 0.648. The van der Waals surface area contributed by atoms with Gasteiger partial charge in [-0.3, -0.25) is 14.5 Å². The molecule has 27 heavy (non-hydrogen) atoms. The first-order valence-electron chi connectivity index (χ1n) is 8.75. The fourth-order valence-electron chi connectivity index (χ4n) is 3.93. The van der Waals surface area contributed by atoms with Gasteiger partial charge in [-0.2, -0.15) is 0 Å². The summed E-state index contributed by atoms with van der Waals surface area (Å²) in [5.74, 6) is -0.859. The Labute approximate surface area is 166 Å². The summed E-state index contributed by atoms with van der Waals surface area (Å²) in [4.78, 5) is 27.4. The van der Waals surface area contributed by atoms with Crippen molar-refractivity contribution in [3.63, 3.8) is 0 Å². The largest absolute Gasteiger partial charge is 0.294 e. The number of hydrogen-bond acceptors (Lipinski definition) is 2. The van der Waals surface area contributed by atoms with Crippen LogP contribution in [0.5, 0.6) is 0 Å². The van der Waals surface area contributed by atoms with E-state index >= 15 is 0 Å². The maximum Gasteiger partial charge on any atom is 0.232 e. The summed E-state index contributed by atoms with van der Waals surface area (Å²) in [5, 5.41) is 0.948. The molecule has 3 nitrogen and oxygen atoms in total. The van der Waals surface area contributed by atoms with Crippen molar-refractivity contribution in [1.29, 1.82) is 0 Å². The lowest BCUT2D eigenvalue weighted by Gasteiger charge is -2.38.